The van der Waals surface area contributed by atoms with Crippen LogP contribution in [0.25, 0.3) is 0 Å². The van der Waals surface area contributed by atoms with E-state index in [2.05, 4.69) is 28.1 Å². The third-order valence-corrected chi connectivity index (χ3v) is 4.03. The smallest absolute Gasteiger partial charge is 0.283 e. The Bertz CT molecular complexity index is 602. The minimum absolute atomic E-state index is 0.0698. The van der Waals surface area contributed by atoms with E-state index in [1.807, 2.05) is 24.3 Å². The van der Waals surface area contributed by atoms with Gasteiger partial charge in [-0.05, 0) is 39.9 Å². The maximum atomic E-state index is 10.8. The van der Waals surface area contributed by atoms with Crippen LogP contribution in [-0.4, -0.2) is 11.5 Å². The normalized spacial score (nSPS) is 10.5. The molecule has 0 radical (unpaired) electrons. The molecule has 0 saturated carbocycles. The van der Waals surface area contributed by atoms with Crippen LogP contribution >= 0.6 is 15.9 Å². The van der Waals surface area contributed by atoms with Gasteiger partial charge in [-0.25, -0.2) is 0 Å². The Morgan fingerprint density at radius 1 is 1.10 bits per heavy atom. The lowest BCUT2D eigenvalue weighted by Gasteiger charge is -2.07. The van der Waals surface area contributed by atoms with Crippen molar-refractivity contribution < 1.29 is 9.66 Å². The van der Waals surface area contributed by atoms with Crippen LogP contribution in [0.15, 0.2) is 53.0 Å². The number of hydrogen-bond acceptors (Lipinski definition) is 3. The van der Waals surface area contributed by atoms with Crippen molar-refractivity contribution in [2.45, 2.75) is 19.4 Å². The molecule has 4 nitrogen and oxygen atoms in total. The van der Waals surface area contributed by atoms with Crippen LogP contribution in [0.4, 0.5) is 5.69 Å². The van der Waals surface area contributed by atoms with Gasteiger partial charge in [0.25, 0.3) is 5.69 Å². The van der Waals surface area contributed by atoms with Crippen molar-refractivity contribution in [3.8, 4) is 0 Å². The Morgan fingerprint density at radius 3 is 2.57 bits per heavy atom. The summed E-state index contributed by atoms with van der Waals surface area (Å²) in [6, 6.07) is 15.2. The van der Waals surface area contributed by atoms with Crippen molar-refractivity contribution in [2.75, 3.05) is 6.61 Å². The molecule has 0 aromatic heterocycles. The molecule has 0 unspecified atom stereocenters. The summed E-state index contributed by atoms with van der Waals surface area (Å²) in [6.07, 6.45) is 1.90. The number of nitro benzene ring substituents is 1. The minimum atomic E-state index is -0.400. The zero-order chi connectivity index (χ0) is 15.1. The van der Waals surface area contributed by atoms with Gasteiger partial charge in [0.1, 0.15) is 4.47 Å². The Labute approximate surface area is 132 Å². The Kier molecular flexibility index (Phi) is 5.90. The molecular weight excluding hydrogens is 334 g/mol. The average Bonchev–Trinajstić information content (AvgIpc) is 2.49. The maximum Gasteiger partial charge on any atom is 0.283 e. The molecule has 0 aliphatic heterocycles. The molecule has 5 heteroatoms. The summed E-state index contributed by atoms with van der Waals surface area (Å²) < 4.78 is 6.10. The molecular formula is C16H16BrNO3. The standard InChI is InChI=1S/C16H16BrNO3/c17-16-14(9-4-10-15(16)18(19)20)12-21-11-5-8-13-6-2-1-3-7-13/h1-4,6-7,9-10H,5,8,11-12H2. The van der Waals surface area contributed by atoms with E-state index < -0.39 is 4.92 Å². The van der Waals surface area contributed by atoms with Crippen LogP contribution in [0.3, 0.4) is 0 Å². The van der Waals surface area contributed by atoms with E-state index in [4.69, 9.17) is 4.74 Å². The fraction of sp³-hybridized carbons (Fsp3) is 0.250. The van der Waals surface area contributed by atoms with Crippen LogP contribution in [-0.2, 0) is 17.8 Å². The predicted molar refractivity (Wildman–Crippen MR) is 85.2 cm³/mol. The Balaban J connectivity index is 1.79. The molecule has 2 aromatic rings. The van der Waals surface area contributed by atoms with E-state index in [-0.39, 0.29) is 5.69 Å². The molecule has 0 aliphatic carbocycles. The molecule has 0 amide bonds. The highest BCUT2D eigenvalue weighted by atomic mass is 79.9. The first-order valence-corrected chi connectivity index (χ1v) is 7.51. The van der Waals surface area contributed by atoms with Gasteiger partial charge in [0.2, 0.25) is 0 Å². The first-order chi connectivity index (χ1) is 10.2. The largest absolute Gasteiger partial charge is 0.377 e. The number of nitro groups is 1. The minimum Gasteiger partial charge on any atom is -0.377 e. The summed E-state index contributed by atoms with van der Waals surface area (Å²) in [5, 5.41) is 10.8. The SMILES string of the molecule is O=[N+]([O-])c1cccc(COCCCc2ccccc2)c1Br. The highest BCUT2D eigenvalue weighted by Gasteiger charge is 2.14. The number of rotatable bonds is 7. The fourth-order valence-corrected chi connectivity index (χ4v) is 2.55. The molecule has 0 heterocycles. The number of ether oxygens (including phenoxy) is 1. The van der Waals surface area contributed by atoms with Crippen molar-refractivity contribution in [1.82, 2.24) is 0 Å². The van der Waals surface area contributed by atoms with Crippen LogP contribution < -0.4 is 0 Å². The average molecular weight is 350 g/mol. The monoisotopic (exact) mass is 349 g/mol. The van der Waals surface area contributed by atoms with E-state index in [1.165, 1.54) is 11.6 Å². The van der Waals surface area contributed by atoms with Gasteiger partial charge in [0, 0.05) is 12.7 Å². The molecule has 0 fully saturated rings. The van der Waals surface area contributed by atoms with Gasteiger partial charge >= 0.3 is 0 Å². The molecule has 0 spiro atoms. The second-order valence-corrected chi connectivity index (χ2v) is 5.44. The molecule has 0 saturated heterocycles. The second-order valence-electron chi connectivity index (χ2n) is 4.65. The van der Waals surface area contributed by atoms with Gasteiger partial charge in [0.15, 0.2) is 0 Å². The van der Waals surface area contributed by atoms with Gasteiger partial charge < -0.3 is 4.74 Å². The first-order valence-electron chi connectivity index (χ1n) is 6.72. The number of aryl methyl sites for hydroxylation is 1. The topological polar surface area (TPSA) is 52.4 Å². The summed E-state index contributed by atoms with van der Waals surface area (Å²) in [6.45, 7) is 1.00. The lowest BCUT2D eigenvalue weighted by molar-refractivity contribution is -0.385. The van der Waals surface area contributed by atoms with Gasteiger partial charge in [-0.3, -0.25) is 10.1 Å². The number of hydrogen-bond donors (Lipinski definition) is 0. The number of benzene rings is 2. The van der Waals surface area contributed by atoms with Crippen LogP contribution in [0.5, 0.6) is 0 Å². The van der Waals surface area contributed by atoms with Crippen molar-refractivity contribution in [3.63, 3.8) is 0 Å². The molecule has 21 heavy (non-hydrogen) atoms. The zero-order valence-electron chi connectivity index (χ0n) is 11.5. The third kappa shape index (κ3) is 4.65. The van der Waals surface area contributed by atoms with E-state index in [0.717, 1.165) is 18.4 Å². The molecule has 0 N–H and O–H groups in total. The van der Waals surface area contributed by atoms with Crippen molar-refractivity contribution in [3.05, 3.63) is 74.2 Å². The van der Waals surface area contributed by atoms with Crippen LogP contribution in [0.2, 0.25) is 0 Å². The van der Waals surface area contributed by atoms with Crippen LogP contribution in [0, 0.1) is 10.1 Å². The lowest BCUT2D eigenvalue weighted by atomic mass is 10.1. The molecule has 0 bridgehead atoms. The second kappa shape index (κ2) is 7.90. The van der Waals surface area contributed by atoms with E-state index in [1.54, 1.807) is 6.07 Å². The van der Waals surface area contributed by atoms with Gasteiger partial charge in [0.05, 0.1) is 11.5 Å². The summed E-state index contributed by atoms with van der Waals surface area (Å²) in [5.74, 6) is 0. The van der Waals surface area contributed by atoms with Gasteiger partial charge in [-0.2, -0.15) is 0 Å². The highest BCUT2D eigenvalue weighted by molar-refractivity contribution is 9.10. The van der Waals surface area contributed by atoms with Crippen molar-refractivity contribution in [1.29, 1.82) is 0 Å². The van der Waals surface area contributed by atoms with E-state index in [0.29, 0.717) is 17.7 Å². The summed E-state index contributed by atoms with van der Waals surface area (Å²) in [7, 11) is 0. The van der Waals surface area contributed by atoms with Gasteiger partial charge in [-0.15, -0.1) is 0 Å². The summed E-state index contributed by atoms with van der Waals surface area (Å²) in [5.41, 5.74) is 2.15. The van der Waals surface area contributed by atoms with E-state index >= 15 is 0 Å². The quantitative estimate of drug-likeness (QED) is 0.419. The predicted octanol–water partition coefficient (Wildman–Crippen LogP) is 4.51. The molecule has 2 rings (SSSR count). The molecule has 110 valence electrons. The Morgan fingerprint density at radius 2 is 1.86 bits per heavy atom. The fourth-order valence-electron chi connectivity index (χ4n) is 2.02. The summed E-state index contributed by atoms with van der Waals surface area (Å²) >= 11 is 3.27. The van der Waals surface area contributed by atoms with Crippen molar-refractivity contribution in [2.24, 2.45) is 0 Å². The van der Waals surface area contributed by atoms with Crippen molar-refractivity contribution >= 4 is 21.6 Å². The van der Waals surface area contributed by atoms with Crippen LogP contribution in [0.1, 0.15) is 17.5 Å². The molecule has 2 aromatic carbocycles. The molecule has 0 atom stereocenters. The Hall–Kier alpha value is -1.72. The maximum absolute atomic E-state index is 10.8. The third-order valence-electron chi connectivity index (χ3n) is 3.11. The van der Waals surface area contributed by atoms with Gasteiger partial charge in [-0.1, -0.05) is 42.5 Å². The first kappa shape index (κ1) is 15.7. The number of nitrogens with zero attached hydrogens (tertiary/aromatic N) is 1. The molecule has 0 aliphatic rings. The highest BCUT2D eigenvalue weighted by Crippen LogP contribution is 2.28. The van der Waals surface area contributed by atoms with E-state index in [9.17, 15) is 10.1 Å². The lowest BCUT2D eigenvalue weighted by Crippen LogP contribution is -1.99. The zero-order valence-corrected chi connectivity index (χ0v) is 13.1. The number of halogens is 1. The summed E-state index contributed by atoms with van der Waals surface area (Å²) in [4.78, 5) is 10.4.